The van der Waals surface area contributed by atoms with Crippen LogP contribution < -0.4 is 0 Å². The number of aryl methyl sites for hydroxylation is 1. The van der Waals surface area contributed by atoms with Crippen LogP contribution in [0.25, 0.3) is 0 Å². The molecule has 0 bridgehead atoms. The fourth-order valence-corrected chi connectivity index (χ4v) is 1.70. The monoisotopic (exact) mass is 204 g/mol. The lowest BCUT2D eigenvalue weighted by Crippen LogP contribution is -2.07. The highest BCUT2D eigenvalue weighted by Crippen LogP contribution is 2.16. The largest absolute Gasteiger partial charge is 0.294 e. The SMILES string of the molecule is CCC(CC)CC(=O)c1ccc(C)cc1. The van der Waals surface area contributed by atoms with Crippen LogP contribution in [-0.4, -0.2) is 5.78 Å². The van der Waals surface area contributed by atoms with E-state index in [4.69, 9.17) is 0 Å². The van der Waals surface area contributed by atoms with Crippen molar-refractivity contribution < 1.29 is 4.79 Å². The molecule has 82 valence electrons. The average Bonchev–Trinajstić information content (AvgIpc) is 2.26. The zero-order valence-corrected chi connectivity index (χ0v) is 9.92. The number of rotatable bonds is 5. The Hall–Kier alpha value is -1.11. The number of carbonyl (C=O) groups excluding carboxylic acids is 1. The molecule has 1 heteroatoms. The van der Waals surface area contributed by atoms with Crippen LogP contribution in [0.2, 0.25) is 0 Å². The van der Waals surface area contributed by atoms with Gasteiger partial charge in [-0.2, -0.15) is 0 Å². The van der Waals surface area contributed by atoms with Crippen LogP contribution in [0, 0.1) is 12.8 Å². The number of benzene rings is 1. The van der Waals surface area contributed by atoms with Crippen molar-refractivity contribution in [3.05, 3.63) is 35.4 Å². The van der Waals surface area contributed by atoms with Crippen molar-refractivity contribution in [1.82, 2.24) is 0 Å². The molecule has 0 saturated heterocycles. The first kappa shape index (κ1) is 12.0. The summed E-state index contributed by atoms with van der Waals surface area (Å²) in [5.41, 5.74) is 2.06. The second kappa shape index (κ2) is 5.69. The van der Waals surface area contributed by atoms with E-state index in [0.29, 0.717) is 12.3 Å². The van der Waals surface area contributed by atoms with Crippen molar-refractivity contribution in [1.29, 1.82) is 0 Å². The Morgan fingerprint density at radius 1 is 1.13 bits per heavy atom. The lowest BCUT2D eigenvalue weighted by Gasteiger charge is -2.10. The maximum Gasteiger partial charge on any atom is 0.163 e. The van der Waals surface area contributed by atoms with E-state index in [1.165, 1.54) is 5.56 Å². The lowest BCUT2D eigenvalue weighted by molar-refractivity contribution is 0.0958. The van der Waals surface area contributed by atoms with Gasteiger partial charge in [0.05, 0.1) is 0 Å². The summed E-state index contributed by atoms with van der Waals surface area (Å²) in [6.45, 7) is 6.34. The highest BCUT2D eigenvalue weighted by atomic mass is 16.1. The Bertz CT molecular complexity index is 307. The summed E-state index contributed by atoms with van der Waals surface area (Å²) in [6, 6.07) is 7.86. The van der Waals surface area contributed by atoms with Crippen LogP contribution in [0.5, 0.6) is 0 Å². The van der Waals surface area contributed by atoms with Gasteiger partial charge >= 0.3 is 0 Å². The van der Waals surface area contributed by atoms with E-state index in [0.717, 1.165) is 18.4 Å². The number of hydrogen-bond acceptors (Lipinski definition) is 1. The molecular formula is C14H20O. The van der Waals surface area contributed by atoms with E-state index in [-0.39, 0.29) is 5.78 Å². The van der Waals surface area contributed by atoms with E-state index < -0.39 is 0 Å². The minimum atomic E-state index is 0.281. The fraction of sp³-hybridized carbons (Fsp3) is 0.500. The Labute approximate surface area is 92.5 Å². The third-order valence-corrected chi connectivity index (χ3v) is 3.00. The Morgan fingerprint density at radius 2 is 1.67 bits per heavy atom. The molecule has 0 N–H and O–H groups in total. The molecule has 1 nitrogen and oxygen atoms in total. The quantitative estimate of drug-likeness (QED) is 0.662. The number of carbonyl (C=O) groups is 1. The normalized spacial score (nSPS) is 10.7. The van der Waals surface area contributed by atoms with Crippen LogP contribution in [0.1, 0.15) is 49.0 Å². The van der Waals surface area contributed by atoms with Crippen molar-refractivity contribution in [3.8, 4) is 0 Å². The van der Waals surface area contributed by atoms with Crippen molar-refractivity contribution in [2.24, 2.45) is 5.92 Å². The Balaban J connectivity index is 2.64. The second-order valence-electron chi connectivity index (χ2n) is 4.18. The molecular weight excluding hydrogens is 184 g/mol. The molecule has 0 aliphatic heterocycles. The van der Waals surface area contributed by atoms with Crippen molar-refractivity contribution >= 4 is 5.78 Å². The van der Waals surface area contributed by atoms with Crippen molar-refractivity contribution in [3.63, 3.8) is 0 Å². The van der Waals surface area contributed by atoms with Gasteiger partial charge < -0.3 is 0 Å². The molecule has 1 aromatic carbocycles. The molecule has 1 aromatic rings. The first-order valence-electron chi connectivity index (χ1n) is 5.77. The van der Waals surface area contributed by atoms with Crippen molar-refractivity contribution in [2.75, 3.05) is 0 Å². The number of Topliss-reactive ketones (excluding diaryl/α,β-unsaturated/α-hetero) is 1. The molecule has 0 fully saturated rings. The van der Waals surface area contributed by atoms with Crippen LogP contribution in [0.4, 0.5) is 0 Å². The molecule has 0 spiro atoms. The van der Waals surface area contributed by atoms with Gasteiger partial charge in [-0.15, -0.1) is 0 Å². The molecule has 1 rings (SSSR count). The van der Waals surface area contributed by atoms with Crippen molar-refractivity contribution in [2.45, 2.75) is 40.0 Å². The molecule has 15 heavy (non-hydrogen) atoms. The highest BCUT2D eigenvalue weighted by molar-refractivity contribution is 5.96. The molecule has 0 amide bonds. The van der Waals surface area contributed by atoms with Gasteiger partial charge in [0.2, 0.25) is 0 Å². The third kappa shape index (κ3) is 3.50. The van der Waals surface area contributed by atoms with Crippen LogP contribution in [-0.2, 0) is 0 Å². The van der Waals surface area contributed by atoms with E-state index in [2.05, 4.69) is 13.8 Å². The highest BCUT2D eigenvalue weighted by Gasteiger charge is 2.11. The smallest absolute Gasteiger partial charge is 0.163 e. The van der Waals surface area contributed by atoms with Gasteiger partial charge in [0, 0.05) is 12.0 Å². The molecule has 0 aromatic heterocycles. The van der Waals surface area contributed by atoms with E-state index in [1.807, 2.05) is 31.2 Å². The number of ketones is 1. The first-order chi connectivity index (χ1) is 7.17. The van der Waals surface area contributed by atoms with Gasteiger partial charge in [0.25, 0.3) is 0 Å². The fourth-order valence-electron chi connectivity index (χ4n) is 1.70. The molecule has 0 atom stereocenters. The maximum atomic E-state index is 11.9. The summed E-state index contributed by atoms with van der Waals surface area (Å²) in [5.74, 6) is 0.822. The molecule has 0 aliphatic carbocycles. The Morgan fingerprint density at radius 3 is 2.13 bits per heavy atom. The summed E-state index contributed by atoms with van der Waals surface area (Å²) in [4.78, 5) is 11.9. The summed E-state index contributed by atoms with van der Waals surface area (Å²) in [6.07, 6.45) is 2.87. The van der Waals surface area contributed by atoms with Gasteiger partial charge in [-0.1, -0.05) is 56.5 Å². The van der Waals surface area contributed by atoms with Gasteiger partial charge in [-0.3, -0.25) is 4.79 Å². The summed E-state index contributed by atoms with van der Waals surface area (Å²) in [5, 5.41) is 0. The lowest BCUT2D eigenvalue weighted by atomic mass is 9.94. The van der Waals surface area contributed by atoms with Crippen LogP contribution >= 0.6 is 0 Å². The predicted molar refractivity (Wildman–Crippen MR) is 64.2 cm³/mol. The minimum absolute atomic E-state index is 0.281. The topological polar surface area (TPSA) is 17.1 Å². The zero-order valence-electron chi connectivity index (χ0n) is 9.92. The van der Waals surface area contributed by atoms with Gasteiger partial charge in [0.15, 0.2) is 5.78 Å². The first-order valence-corrected chi connectivity index (χ1v) is 5.77. The second-order valence-corrected chi connectivity index (χ2v) is 4.18. The van der Waals surface area contributed by atoms with Crippen LogP contribution in [0.15, 0.2) is 24.3 Å². The van der Waals surface area contributed by atoms with E-state index in [9.17, 15) is 4.79 Å². The maximum absolute atomic E-state index is 11.9. The van der Waals surface area contributed by atoms with Gasteiger partial charge in [-0.25, -0.2) is 0 Å². The molecule has 0 unspecified atom stereocenters. The summed E-state index contributed by atoms with van der Waals surface area (Å²) < 4.78 is 0. The minimum Gasteiger partial charge on any atom is -0.294 e. The van der Waals surface area contributed by atoms with Gasteiger partial charge in [-0.05, 0) is 12.8 Å². The van der Waals surface area contributed by atoms with E-state index in [1.54, 1.807) is 0 Å². The molecule has 0 saturated carbocycles. The van der Waals surface area contributed by atoms with Crippen LogP contribution in [0.3, 0.4) is 0 Å². The van der Waals surface area contributed by atoms with Gasteiger partial charge in [0.1, 0.15) is 0 Å². The third-order valence-electron chi connectivity index (χ3n) is 3.00. The molecule has 0 radical (unpaired) electrons. The average molecular weight is 204 g/mol. The summed E-state index contributed by atoms with van der Waals surface area (Å²) >= 11 is 0. The number of hydrogen-bond donors (Lipinski definition) is 0. The molecule has 0 aliphatic rings. The standard InChI is InChI=1S/C14H20O/c1-4-12(5-2)10-14(15)13-8-6-11(3)7-9-13/h6-9,12H,4-5,10H2,1-3H3. The Kier molecular flexibility index (Phi) is 4.54. The molecule has 0 heterocycles. The zero-order chi connectivity index (χ0) is 11.3. The van der Waals surface area contributed by atoms with E-state index >= 15 is 0 Å². The predicted octanol–water partition coefficient (Wildman–Crippen LogP) is 4.00. The summed E-state index contributed by atoms with van der Waals surface area (Å²) in [7, 11) is 0.